The van der Waals surface area contributed by atoms with E-state index in [0.29, 0.717) is 18.5 Å². The molecule has 0 aromatic heterocycles. The number of allylic oxidation sites excluding steroid dienone is 1. The number of esters is 1. The molecule has 7 heteroatoms. The zero-order valence-electron chi connectivity index (χ0n) is 33.4. The van der Waals surface area contributed by atoms with E-state index < -0.39 is 0 Å². The van der Waals surface area contributed by atoms with Crippen LogP contribution in [0.1, 0.15) is 158 Å². The second-order valence-corrected chi connectivity index (χ2v) is 18.5. The molecular weight excluding hydrogens is 620 g/mol. The van der Waals surface area contributed by atoms with Crippen LogP contribution in [0.5, 0.6) is 0 Å². The highest BCUT2D eigenvalue weighted by Crippen LogP contribution is 2.67. The number of unbranched alkanes of at least 4 members (excludes halogenated alkanes) is 1. The van der Waals surface area contributed by atoms with Crippen LogP contribution in [0, 0.1) is 46.3 Å². The number of rotatable bonds is 20. The molecule has 3 fully saturated rings. The van der Waals surface area contributed by atoms with Crippen molar-refractivity contribution >= 4 is 11.9 Å². The fraction of sp³-hybridized carbons (Fsp3) is 0.907. The first-order chi connectivity index (χ1) is 23.7. The van der Waals surface area contributed by atoms with Crippen molar-refractivity contribution in [2.24, 2.45) is 57.8 Å². The van der Waals surface area contributed by atoms with Gasteiger partial charge in [-0.15, -0.1) is 0 Å². The Hall–Kier alpha value is -1.44. The van der Waals surface area contributed by atoms with Crippen molar-refractivity contribution in [1.29, 1.82) is 0 Å². The molecule has 0 aromatic rings. The molecule has 4 aliphatic rings. The summed E-state index contributed by atoms with van der Waals surface area (Å²) in [6.07, 6.45) is 20.4. The number of nitrogens with two attached hydrogens (primary N) is 2. The summed E-state index contributed by atoms with van der Waals surface area (Å²) in [6, 6.07) is 0.251. The van der Waals surface area contributed by atoms with Gasteiger partial charge < -0.3 is 26.4 Å². The Kier molecular flexibility index (Phi) is 15.7. The molecule has 0 aromatic carbocycles. The number of fused-ring (bicyclic) bond motifs is 5. The molecule has 0 aliphatic heterocycles. The Labute approximate surface area is 307 Å². The van der Waals surface area contributed by atoms with Crippen LogP contribution < -0.4 is 16.8 Å². The Bertz CT molecular complexity index is 1110. The maximum absolute atomic E-state index is 13.2. The maximum atomic E-state index is 13.2. The molecule has 288 valence electrons. The lowest BCUT2D eigenvalue weighted by atomic mass is 9.47. The SMILES string of the molecule is CC(C)CCC[C@@H](C)[C@H]1CC[C@H]2[C@@H]3CC=C4C[C@@H](OC(=O)CCC(=O)N(CCCCNCCC(C)N)CCC(C)N)CC[C@]4(C)[C@H]3CC[C@]12C. The lowest BCUT2D eigenvalue weighted by Crippen LogP contribution is -2.51. The van der Waals surface area contributed by atoms with Crippen LogP contribution in [0.15, 0.2) is 11.6 Å². The quantitative estimate of drug-likeness (QED) is 0.0669. The van der Waals surface area contributed by atoms with Crippen molar-refractivity contribution in [3.8, 4) is 0 Å². The molecule has 7 nitrogen and oxygen atoms in total. The maximum Gasteiger partial charge on any atom is 0.306 e. The largest absolute Gasteiger partial charge is 0.462 e. The van der Waals surface area contributed by atoms with Gasteiger partial charge in [0.1, 0.15) is 6.10 Å². The van der Waals surface area contributed by atoms with Crippen LogP contribution in [-0.4, -0.2) is 61.1 Å². The molecule has 0 spiro atoms. The normalized spacial score (nSPS) is 32.4. The summed E-state index contributed by atoms with van der Waals surface area (Å²) in [7, 11) is 0. The Morgan fingerprint density at radius 3 is 2.34 bits per heavy atom. The summed E-state index contributed by atoms with van der Waals surface area (Å²) in [6.45, 7) is 19.7. The van der Waals surface area contributed by atoms with E-state index in [-0.39, 0.29) is 48.3 Å². The van der Waals surface area contributed by atoms with E-state index in [2.05, 4.69) is 46.0 Å². The standard InChI is InChI=1S/C43H78N4O3/c1-30(2)11-10-12-31(3)37-15-16-38-36-14-13-34-29-35(19-23-42(34,6)39(36)20-24-43(37,38)7)50-41(49)18-17-40(48)47(28-22-33(5)45)27-9-8-25-46-26-21-32(4)44/h13,30-33,35-39,46H,8-12,14-29,44-45H2,1-7H3/t31-,32?,33?,35+,36+,37-,38+,39+,42+,43-/m1/s1. The number of amides is 1. The van der Waals surface area contributed by atoms with Crippen molar-refractivity contribution in [3.05, 3.63) is 11.6 Å². The van der Waals surface area contributed by atoms with Gasteiger partial charge >= 0.3 is 5.97 Å². The van der Waals surface area contributed by atoms with Gasteiger partial charge in [0.25, 0.3) is 0 Å². The first kappa shape index (κ1) is 41.3. The van der Waals surface area contributed by atoms with E-state index in [1.165, 1.54) is 51.4 Å². The van der Waals surface area contributed by atoms with Gasteiger partial charge in [-0.05, 0) is 144 Å². The number of ether oxygens (including phenoxy) is 1. The monoisotopic (exact) mass is 699 g/mol. The summed E-state index contributed by atoms with van der Waals surface area (Å²) in [5.41, 5.74) is 14.1. The highest BCUT2D eigenvalue weighted by molar-refractivity contribution is 5.81. The molecule has 5 N–H and O–H groups in total. The van der Waals surface area contributed by atoms with E-state index in [1.54, 1.807) is 5.57 Å². The van der Waals surface area contributed by atoms with Crippen molar-refractivity contribution in [3.63, 3.8) is 0 Å². The van der Waals surface area contributed by atoms with E-state index >= 15 is 0 Å². The van der Waals surface area contributed by atoms with Gasteiger partial charge in [-0.2, -0.15) is 0 Å². The van der Waals surface area contributed by atoms with Gasteiger partial charge in [-0.3, -0.25) is 9.59 Å². The number of hydrogen-bond acceptors (Lipinski definition) is 6. The van der Waals surface area contributed by atoms with Crippen LogP contribution in [0.3, 0.4) is 0 Å². The van der Waals surface area contributed by atoms with Gasteiger partial charge in [-0.1, -0.05) is 65.5 Å². The third kappa shape index (κ3) is 10.8. The first-order valence-corrected chi connectivity index (χ1v) is 21.1. The molecule has 2 unspecified atom stereocenters. The number of nitrogens with zero attached hydrogens (tertiary/aromatic N) is 1. The minimum absolute atomic E-state index is 0.0353. The van der Waals surface area contributed by atoms with Gasteiger partial charge in [-0.25, -0.2) is 0 Å². The fourth-order valence-electron chi connectivity index (χ4n) is 11.1. The molecule has 4 aliphatic carbocycles. The second kappa shape index (κ2) is 19.1. The summed E-state index contributed by atoms with van der Waals surface area (Å²) in [4.78, 5) is 28.2. The van der Waals surface area contributed by atoms with Crippen molar-refractivity contribution in [2.75, 3.05) is 26.2 Å². The molecule has 0 bridgehead atoms. The lowest BCUT2D eigenvalue weighted by molar-refractivity contribution is -0.153. The zero-order chi connectivity index (χ0) is 36.5. The van der Waals surface area contributed by atoms with Crippen molar-refractivity contribution in [1.82, 2.24) is 10.2 Å². The van der Waals surface area contributed by atoms with Gasteiger partial charge in [0, 0.05) is 38.0 Å². The summed E-state index contributed by atoms with van der Waals surface area (Å²) in [5.74, 6) is 4.78. The van der Waals surface area contributed by atoms with E-state index in [4.69, 9.17) is 16.2 Å². The predicted octanol–water partition coefficient (Wildman–Crippen LogP) is 8.39. The third-order valence-electron chi connectivity index (χ3n) is 14.1. The molecule has 0 radical (unpaired) electrons. The van der Waals surface area contributed by atoms with Crippen molar-refractivity contribution < 1.29 is 14.3 Å². The molecule has 3 saturated carbocycles. The van der Waals surface area contributed by atoms with Crippen LogP contribution >= 0.6 is 0 Å². The Balaban J connectivity index is 1.25. The highest BCUT2D eigenvalue weighted by atomic mass is 16.5. The second-order valence-electron chi connectivity index (χ2n) is 18.5. The minimum Gasteiger partial charge on any atom is -0.462 e. The number of hydrogen-bond donors (Lipinski definition) is 3. The summed E-state index contributed by atoms with van der Waals surface area (Å²) < 4.78 is 6.09. The van der Waals surface area contributed by atoms with E-state index in [0.717, 1.165) is 93.5 Å². The molecule has 1 amide bonds. The topological polar surface area (TPSA) is 111 Å². The molecule has 0 saturated heterocycles. The average molecular weight is 699 g/mol. The summed E-state index contributed by atoms with van der Waals surface area (Å²) in [5, 5.41) is 3.44. The van der Waals surface area contributed by atoms with Crippen LogP contribution in [-0.2, 0) is 14.3 Å². The Morgan fingerprint density at radius 1 is 0.860 bits per heavy atom. The summed E-state index contributed by atoms with van der Waals surface area (Å²) >= 11 is 0. The minimum atomic E-state index is -0.223. The molecule has 10 atom stereocenters. The number of carbonyl (C=O) groups excluding carboxylic acids is 2. The molecule has 0 heterocycles. The molecule has 50 heavy (non-hydrogen) atoms. The van der Waals surface area contributed by atoms with Crippen LogP contribution in [0.25, 0.3) is 0 Å². The zero-order valence-corrected chi connectivity index (χ0v) is 33.4. The predicted molar refractivity (Wildman–Crippen MR) is 207 cm³/mol. The van der Waals surface area contributed by atoms with Gasteiger partial charge in [0.05, 0.1) is 6.42 Å². The van der Waals surface area contributed by atoms with Gasteiger partial charge in [0.2, 0.25) is 5.91 Å². The highest BCUT2D eigenvalue weighted by Gasteiger charge is 2.59. The average Bonchev–Trinajstić information content (AvgIpc) is 3.41. The fourth-order valence-corrected chi connectivity index (χ4v) is 11.1. The van der Waals surface area contributed by atoms with E-state index in [1.807, 2.05) is 18.7 Å². The molecular formula is C43H78N4O3. The Morgan fingerprint density at radius 2 is 1.62 bits per heavy atom. The third-order valence-corrected chi connectivity index (χ3v) is 14.1. The number of nitrogens with one attached hydrogen (secondary N) is 1. The number of carbonyl (C=O) groups is 2. The van der Waals surface area contributed by atoms with E-state index in [9.17, 15) is 9.59 Å². The van der Waals surface area contributed by atoms with Crippen LogP contribution in [0.4, 0.5) is 0 Å². The lowest BCUT2D eigenvalue weighted by Gasteiger charge is -2.58. The smallest absolute Gasteiger partial charge is 0.306 e. The van der Waals surface area contributed by atoms with Gasteiger partial charge in [0.15, 0.2) is 0 Å². The molecule has 4 rings (SSSR count). The first-order valence-electron chi connectivity index (χ1n) is 21.1. The van der Waals surface area contributed by atoms with Crippen LogP contribution in [0.2, 0.25) is 0 Å². The van der Waals surface area contributed by atoms with Crippen molar-refractivity contribution in [2.45, 2.75) is 176 Å².